The average molecular weight is 442 g/mol. The van der Waals surface area contributed by atoms with Crippen molar-refractivity contribution in [2.24, 2.45) is 0 Å². The van der Waals surface area contributed by atoms with Crippen molar-refractivity contribution in [3.8, 4) is 5.75 Å². The number of ether oxygens (including phenoxy) is 1. The summed E-state index contributed by atoms with van der Waals surface area (Å²) in [7, 11) is -1.99. The Bertz CT molecular complexity index is 1090. The van der Waals surface area contributed by atoms with E-state index in [0.29, 0.717) is 28.9 Å². The van der Waals surface area contributed by atoms with Gasteiger partial charge in [-0.3, -0.25) is 4.72 Å². The smallest absolute Gasteiger partial charge is 0.233 e. The van der Waals surface area contributed by atoms with Crippen LogP contribution in [0.25, 0.3) is 11.0 Å². The van der Waals surface area contributed by atoms with E-state index < -0.39 is 10.0 Å². The van der Waals surface area contributed by atoms with Crippen LogP contribution in [-0.4, -0.2) is 94.3 Å². The van der Waals surface area contributed by atoms with Crippen LogP contribution in [0.15, 0.2) is 42.5 Å². The molecule has 2 aromatic carbocycles. The van der Waals surface area contributed by atoms with Crippen LogP contribution in [0.1, 0.15) is 12.5 Å². The average Bonchev–Trinajstić information content (AvgIpc) is 2.69. The zero-order valence-electron chi connectivity index (χ0n) is 16.6. The number of aliphatic hydroxyl groups excluding tert-OH is 1. The van der Waals surface area contributed by atoms with Crippen molar-refractivity contribution in [1.29, 1.82) is 0 Å². The molecule has 1 heterocycles. The second-order valence-corrected chi connectivity index (χ2v) is 8.05. The molecular weight excluding hydrogens is 419 g/mol. The Morgan fingerprint density at radius 3 is 2.31 bits per heavy atom. The molecule has 0 spiro atoms. The summed E-state index contributed by atoms with van der Waals surface area (Å²) < 4.78 is 32.0. The Morgan fingerprint density at radius 1 is 1.07 bits per heavy atom. The summed E-state index contributed by atoms with van der Waals surface area (Å²) in [6.07, 6.45) is 0.420. The fraction of sp³-hybridized carbons (Fsp3) is 0.263. The number of rotatable bonds is 8. The van der Waals surface area contributed by atoms with Gasteiger partial charge in [-0.2, -0.15) is 0 Å². The molecule has 0 aliphatic rings. The van der Waals surface area contributed by atoms with Gasteiger partial charge in [0.1, 0.15) is 5.75 Å². The first-order chi connectivity index (χ1) is 13.5. The third kappa shape index (κ3) is 6.11. The van der Waals surface area contributed by atoms with E-state index in [1.54, 1.807) is 38.3 Å². The van der Waals surface area contributed by atoms with E-state index in [1.807, 2.05) is 18.2 Å². The molecule has 0 aliphatic carbocycles. The maximum Gasteiger partial charge on any atom is 0.233 e. The molecule has 0 atom stereocenters. The first-order valence-corrected chi connectivity index (χ1v) is 10.4. The molecular formula is C19H22KN4O4S. The second-order valence-electron chi connectivity index (χ2n) is 6.04. The molecule has 0 saturated heterocycles. The molecule has 3 rings (SSSR count). The minimum atomic E-state index is -3.55. The van der Waals surface area contributed by atoms with Crippen molar-refractivity contribution in [2.45, 2.75) is 13.3 Å². The van der Waals surface area contributed by atoms with Crippen molar-refractivity contribution in [2.75, 3.05) is 29.5 Å². The van der Waals surface area contributed by atoms with Gasteiger partial charge < -0.3 is 15.2 Å². The maximum atomic E-state index is 12.1. The maximum absolute atomic E-state index is 12.1. The van der Waals surface area contributed by atoms with Crippen LogP contribution in [0.2, 0.25) is 0 Å². The van der Waals surface area contributed by atoms with Gasteiger partial charge in [-0.25, -0.2) is 18.4 Å². The van der Waals surface area contributed by atoms with Crippen LogP contribution in [0.3, 0.4) is 0 Å². The fourth-order valence-corrected chi connectivity index (χ4v) is 3.22. The largest absolute Gasteiger partial charge is 0.497 e. The topological polar surface area (TPSA) is 113 Å². The molecule has 10 heteroatoms. The summed E-state index contributed by atoms with van der Waals surface area (Å²) in [5.74, 6) is 0.908. The van der Waals surface area contributed by atoms with E-state index in [-0.39, 0.29) is 75.4 Å². The summed E-state index contributed by atoms with van der Waals surface area (Å²) in [5, 5.41) is 12.5. The summed E-state index contributed by atoms with van der Waals surface area (Å²) in [4.78, 5) is 8.97. The minimum Gasteiger partial charge on any atom is -0.497 e. The van der Waals surface area contributed by atoms with Crippen molar-refractivity contribution < 1.29 is 18.3 Å². The number of aromatic nitrogens is 2. The van der Waals surface area contributed by atoms with Gasteiger partial charge in [0.2, 0.25) is 10.0 Å². The van der Waals surface area contributed by atoms with E-state index >= 15 is 0 Å². The van der Waals surface area contributed by atoms with Gasteiger partial charge >= 0.3 is 0 Å². The third-order valence-corrected chi connectivity index (χ3v) is 5.42. The van der Waals surface area contributed by atoms with Gasteiger partial charge in [0, 0.05) is 69.7 Å². The van der Waals surface area contributed by atoms with Crippen LogP contribution in [0.4, 0.5) is 17.3 Å². The standard InChI is InChI=1S/C19H22N4O4S.K/c1-3-28(25,26)23-19-18(20-15-6-4-5-7-16(15)21-19)22-17-12-14(27-2)9-8-13(17)10-11-24;/h4-9,12,24H,3,10-11H2,1-2H3,(H,20,22)(H,21,23);. The number of benzene rings is 2. The van der Waals surface area contributed by atoms with Crippen LogP contribution >= 0.6 is 0 Å². The van der Waals surface area contributed by atoms with Gasteiger partial charge in [0.05, 0.1) is 23.9 Å². The summed E-state index contributed by atoms with van der Waals surface area (Å²) in [6.45, 7) is 1.52. The first-order valence-electron chi connectivity index (χ1n) is 8.78. The quantitative estimate of drug-likeness (QED) is 0.460. The van der Waals surface area contributed by atoms with Crippen LogP contribution < -0.4 is 14.8 Å². The van der Waals surface area contributed by atoms with Crippen molar-refractivity contribution in [3.05, 3.63) is 48.0 Å². The monoisotopic (exact) mass is 441 g/mol. The van der Waals surface area contributed by atoms with E-state index in [2.05, 4.69) is 20.0 Å². The number of para-hydroxylation sites is 2. The molecule has 0 unspecified atom stereocenters. The second kappa shape index (κ2) is 10.7. The molecule has 1 radical (unpaired) electrons. The van der Waals surface area contributed by atoms with Gasteiger partial charge in [-0.1, -0.05) is 18.2 Å². The Morgan fingerprint density at radius 2 is 1.72 bits per heavy atom. The number of sulfonamides is 1. The van der Waals surface area contributed by atoms with E-state index in [9.17, 15) is 13.5 Å². The van der Waals surface area contributed by atoms with Gasteiger partial charge in [-0.05, 0) is 37.1 Å². The molecule has 1 aromatic heterocycles. The van der Waals surface area contributed by atoms with Crippen LogP contribution in [0.5, 0.6) is 5.75 Å². The first kappa shape index (κ1) is 24.0. The Labute approximate surface area is 212 Å². The molecule has 8 nitrogen and oxygen atoms in total. The number of fused-ring (bicyclic) bond motifs is 1. The normalized spacial score (nSPS) is 11.0. The molecule has 0 fully saturated rings. The fourth-order valence-electron chi connectivity index (χ4n) is 2.64. The summed E-state index contributed by atoms with van der Waals surface area (Å²) >= 11 is 0. The number of methoxy groups -OCH3 is 1. The van der Waals surface area contributed by atoms with E-state index in [0.717, 1.165) is 5.56 Å². The number of hydrogen-bond donors (Lipinski definition) is 3. The predicted molar refractivity (Wildman–Crippen MR) is 115 cm³/mol. The molecule has 149 valence electrons. The van der Waals surface area contributed by atoms with Crippen LogP contribution in [-0.2, 0) is 16.4 Å². The minimum absolute atomic E-state index is 0. The van der Waals surface area contributed by atoms with Crippen LogP contribution in [0, 0.1) is 0 Å². The zero-order chi connectivity index (χ0) is 20.1. The molecule has 3 aromatic rings. The number of anilines is 3. The Balaban J connectivity index is 0.00000300. The van der Waals surface area contributed by atoms with Gasteiger partial charge in [0.15, 0.2) is 11.6 Å². The van der Waals surface area contributed by atoms with Crippen molar-refractivity contribution >= 4 is 89.8 Å². The van der Waals surface area contributed by atoms with E-state index in [1.165, 1.54) is 0 Å². The predicted octanol–water partition coefficient (Wildman–Crippen LogP) is 2.30. The molecule has 0 amide bonds. The SMILES string of the molecule is CCS(=O)(=O)Nc1nc2ccccc2nc1Nc1cc(OC)ccc1CCO.[K]. The number of aliphatic hydroxyl groups is 1. The van der Waals surface area contributed by atoms with Gasteiger partial charge in [-0.15, -0.1) is 0 Å². The Hall–Kier alpha value is -1.27. The number of nitrogens with zero attached hydrogens (tertiary/aromatic N) is 2. The zero-order valence-corrected chi connectivity index (χ0v) is 20.6. The summed E-state index contributed by atoms with van der Waals surface area (Å²) in [6, 6.07) is 12.6. The van der Waals surface area contributed by atoms with Crippen molar-refractivity contribution in [1.82, 2.24) is 9.97 Å². The van der Waals surface area contributed by atoms with E-state index in [4.69, 9.17) is 4.74 Å². The molecule has 0 saturated carbocycles. The molecule has 29 heavy (non-hydrogen) atoms. The number of nitrogens with one attached hydrogen (secondary N) is 2. The molecule has 3 N–H and O–H groups in total. The Kier molecular flexibility index (Phi) is 8.83. The summed E-state index contributed by atoms with van der Waals surface area (Å²) in [5.41, 5.74) is 2.68. The molecule has 0 bridgehead atoms. The van der Waals surface area contributed by atoms with Crippen molar-refractivity contribution in [3.63, 3.8) is 0 Å². The third-order valence-electron chi connectivity index (χ3n) is 4.15. The molecule has 0 aliphatic heterocycles. The van der Waals surface area contributed by atoms with Gasteiger partial charge in [0.25, 0.3) is 0 Å². The number of hydrogen-bond acceptors (Lipinski definition) is 7.